The number of nitrogens with one attached hydrogen (secondary N) is 2. The molecule has 26 heavy (non-hydrogen) atoms. The summed E-state index contributed by atoms with van der Waals surface area (Å²) < 4.78 is 37.7. The summed E-state index contributed by atoms with van der Waals surface area (Å²) in [5.41, 5.74) is 0.177. The Labute approximate surface area is 175 Å². The third-order valence-electron chi connectivity index (χ3n) is 3.13. The fraction of sp³-hybridized carbons (Fsp3) is 0.533. The van der Waals surface area contributed by atoms with Gasteiger partial charge in [-0.05, 0) is 12.8 Å². The zero-order chi connectivity index (χ0) is 18.4. The van der Waals surface area contributed by atoms with Gasteiger partial charge in [-0.3, -0.25) is 0 Å². The van der Waals surface area contributed by atoms with Crippen molar-refractivity contribution in [1.29, 1.82) is 0 Å². The SMILES string of the molecule is CCNC(=NCc1nc(C(C)C)cs1)NCc1nc(C(F)(F)F)cs1.I. The molecule has 0 fully saturated rings. The Bertz CT molecular complexity index is 712. The number of aliphatic imine (C=N–C) groups is 1. The second-order valence-corrected chi connectivity index (χ2v) is 7.38. The lowest BCUT2D eigenvalue weighted by Gasteiger charge is -2.09. The fourth-order valence-corrected chi connectivity index (χ4v) is 3.45. The molecular formula is C15H21F3IN5S2. The first-order valence-electron chi connectivity index (χ1n) is 7.77. The molecule has 2 heterocycles. The van der Waals surface area contributed by atoms with Crippen molar-refractivity contribution in [2.75, 3.05) is 6.54 Å². The third-order valence-corrected chi connectivity index (χ3v) is 4.83. The normalized spacial score (nSPS) is 12.2. The number of guanidine groups is 1. The summed E-state index contributed by atoms with van der Waals surface area (Å²) in [7, 11) is 0. The van der Waals surface area contributed by atoms with Crippen molar-refractivity contribution in [3.8, 4) is 0 Å². The minimum absolute atomic E-state index is 0. The lowest BCUT2D eigenvalue weighted by molar-refractivity contribution is -0.140. The fourth-order valence-electron chi connectivity index (χ4n) is 1.83. The van der Waals surface area contributed by atoms with Gasteiger partial charge in [-0.2, -0.15) is 13.2 Å². The minimum Gasteiger partial charge on any atom is -0.357 e. The van der Waals surface area contributed by atoms with Crippen molar-refractivity contribution in [2.45, 2.75) is 46.0 Å². The van der Waals surface area contributed by atoms with Gasteiger partial charge in [-0.25, -0.2) is 15.0 Å². The molecule has 2 rings (SSSR count). The average Bonchev–Trinajstić information content (AvgIpc) is 3.18. The van der Waals surface area contributed by atoms with Gasteiger partial charge in [-0.1, -0.05) is 13.8 Å². The smallest absolute Gasteiger partial charge is 0.357 e. The number of thiazole rings is 2. The van der Waals surface area contributed by atoms with Gasteiger partial charge in [0, 0.05) is 17.3 Å². The van der Waals surface area contributed by atoms with E-state index in [1.807, 2.05) is 12.3 Å². The predicted molar refractivity (Wildman–Crippen MR) is 110 cm³/mol. The predicted octanol–water partition coefficient (Wildman–Crippen LogP) is 4.62. The molecule has 0 aliphatic carbocycles. The molecule has 0 aromatic carbocycles. The number of rotatable bonds is 6. The summed E-state index contributed by atoms with van der Waals surface area (Å²) in [5, 5.41) is 10.3. The number of alkyl halides is 3. The molecule has 146 valence electrons. The monoisotopic (exact) mass is 519 g/mol. The van der Waals surface area contributed by atoms with Crippen molar-refractivity contribution in [1.82, 2.24) is 20.6 Å². The molecule has 0 saturated carbocycles. The topological polar surface area (TPSA) is 62.2 Å². The van der Waals surface area contributed by atoms with Crippen LogP contribution in [0.4, 0.5) is 13.2 Å². The quantitative estimate of drug-likeness (QED) is 0.333. The van der Waals surface area contributed by atoms with E-state index in [0.29, 0.717) is 30.0 Å². The summed E-state index contributed by atoms with van der Waals surface area (Å²) in [6.07, 6.45) is -4.41. The number of hydrogen-bond acceptors (Lipinski definition) is 5. The molecule has 0 spiro atoms. The molecule has 5 nitrogen and oxygen atoms in total. The summed E-state index contributed by atoms with van der Waals surface area (Å²) in [5.74, 6) is 0.889. The van der Waals surface area contributed by atoms with Crippen LogP contribution in [-0.2, 0) is 19.3 Å². The Hall–Kier alpha value is -0.950. The zero-order valence-electron chi connectivity index (χ0n) is 14.6. The third kappa shape index (κ3) is 6.99. The second-order valence-electron chi connectivity index (χ2n) is 5.49. The lowest BCUT2D eigenvalue weighted by Crippen LogP contribution is -2.36. The van der Waals surface area contributed by atoms with E-state index in [2.05, 4.69) is 39.4 Å². The van der Waals surface area contributed by atoms with E-state index in [9.17, 15) is 13.2 Å². The zero-order valence-corrected chi connectivity index (χ0v) is 18.5. The standard InChI is InChI=1S/C15H20F3N5S2.HI/c1-4-19-14(20-5-12-22-10(7-24-12)9(2)3)21-6-13-23-11(8-25-13)15(16,17)18;/h7-9H,4-6H2,1-3H3,(H2,19,20,21);1H. The Balaban J connectivity index is 0.00000338. The van der Waals surface area contributed by atoms with E-state index >= 15 is 0 Å². The summed E-state index contributed by atoms with van der Waals surface area (Å²) in [6.45, 7) is 7.32. The van der Waals surface area contributed by atoms with E-state index in [4.69, 9.17) is 0 Å². The highest BCUT2D eigenvalue weighted by Crippen LogP contribution is 2.29. The van der Waals surface area contributed by atoms with Crippen LogP contribution in [0.3, 0.4) is 0 Å². The van der Waals surface area contributed by atoms with Gasteiger partial charge >= 0.3 is 6.18 Å². The highest BCUT2D eigenvalue weighted by molar-refractivity contribution is 14.0. The first-order valence-corrected chi connectivity index (χ1v) is 9.53. The molecule has 11 heteroatoms. The molecule has 2 aromatic rings. The van der Waals surface area contributed by atoms with Crippen LogP contribution in [0.1, 0.15) is 48.1 Å². The van der Waals surface area contributed by atoms with Crippen LogP contribution < -0.4 is 10.6 Å². The van der Waals surface area contributed by atoms with Crippen LogP contribution in [0.15, 0.2) is 15.8 Å². The van der Waals surface area contributed by atoms with Crippen molar-refractivity contribution >= 4 is 52.6 Å². The van der Waals surface area contributed by atoms with Gasteiger partial charge in [-0.15, -0.1) is 46.7 Å². The van der Waals surface area contributed by atoms with Crippen LogP contribution in [0.5, 0.6) is 0 Å². The molecule has 0 amide bonds. The maximum Gasteiger partial charge on any atom is 0.434 e. The highest BCUT2D eigenvalue weighted by Gasteiger charge is 2.33. The average molecular weight is 519 g/mol. The summed E-state index contributed by atoms with van der Waals surface area (Å²) >= 11 is 2.52. The van der Waals surface area contributed by atoms with Crippen LogP contribution in [-0.4, -0.2) is 22.5 Å². The van der Waals surface area contributed by atoms with Crippen LogP contribution >= 0.6 is 46.7 Å². The van der Waals surface area contributed by atoms with Gasteiger partial charge in [0.2, 0.25) is 0 Å². The molecule has 0 aliphatic heterocycles. The molecule has 2 aromatic heterocycles. The first kappa shape index (κ1) is 23.1. The van der Waals surface area contributed by atoms with E-state index in [0.717, 1.165) is 27.4 Å². The van der Waals surface area contributed by atoms with E-state index in [1.165, 1.54) is 0 Å². The number of nitrogens with zero attached hydrogens (tertiary/aromatic N) is 3. The molecule has 0 radical (unpaired) electrons. The Morgan fingerprint density at radius 2 is 1.85 bits per heavy atom. The Morgan fingerprint density at radius 1 is 1.15 bits per heavy atom. The largest absolute Gasteiger partial charge is 0.434 e. The first-order chi connectivity index (χ1) is 11.8. The van der Waals surface area contributed by atoms with Crippen molar-refractivity contribution < 1.29 is 13.2 Å². The molecular weight excluding hydrogens is 498 g/mol. The van der Waals surface area contributed by atoms with Crippen molar-refractivity contribution in [3.63, 3.8) is 0 Å². The van der Waals surface area contributed by atoms with Gasteiger partial charge in [0.15, 0.2) is 11.7 Å². The number of halogens is 4. The highest BCUT2D eigenvalue weighted by atomic mass is 127. The molecule has 0 saturated heterocycles. The van der Waals surface area contributed by atoms with Gasteiger partial charge in [0.25, 0.3) is 0 Å². The summed E-state index contributed by atoms with van der Waals surface area (Å²) in [6, 6.07) is 0. The number of hydrogen-bond donors (Lipinski definition) is 2. The van der Waals surface area contributed by atoms with E-state index in [-0.39, 0.29) is 30.5 Å². The number of aromatic nitrogens is 2. The second kappa shape index (κ2) is 10.4. The Morgan fingerprint density at radius 3 is 2.38 bits per heavy atom. The van der Waals surface area contributed by atoms with Gasteiger partial charge in [0.05, 0.1) is 18.8 Å². The molecule has 0 aliphatic rings. The maximum absolute atomic E-state index is 12.6. The lowest BCUT2D eigenvalue weighted by atomic mass is 10.2. The van der Waals surface area contributed by atoms with Crippen molar-refractivity contribution in [3.05, 3.63) is 32.2 Å². The molecule has 0 atom stereocenters. The Kier molecular flexibility index (Phi) is 9.24. The molecule has 0 bridgehead atoms. The van der Waals surface area contributed by atoms with Crippen LogP contribution in [0.2, 0.25) is 0 Å². The van der Waals surface area contributed by atoms with E-state index in [1.54, 1.807) is 11.3 Å². The molecule has 0 unspecified atom stereocenters. The molecule has 2 N–H and O–H groups in total. The van der Waals surface area contributed by atoms with Crippen LogP contribution in [0, 0.1) is 0 Å². The van der Waals surface area contributed by atoms with Crippen molar-refractivity contribution in [2.24, 2.45) is 4.99 Å². The van der Waals surface area contributed by atoms with Crippen LogP contribution in [0.25, 0.3) is 0 Å². The van der Waals surface area contributed by atoms with E-state index < -0.39 is 11.9 Å². The summed E-state index contributed by atoms with van der Waals surface area (Å²) in [4.78, 5) is 12.5. The minimum atomic E-state index is -4.41. The maximum atomic E-state index is 12.6. The van der Waals surface area contributed by atoms with Gasteiger partial charge < -0.3 is 10.6 Å². The van der Waals surface area contributed by atoms with Gasteiger partial charge in [0.1, 0.15) is 10.0 Å².